The third-order valence-corrected chi connectivity index (χ3v) is 4.09. The first kappa shape index (κ1) is 13.6. The van der Waals surface area contributed by atoms with E-state index in [4.69, 9.17) is 11.6 Å². The second kappa shape index (κ2) is 5.42. The van der Waals surface area contributed by atoms with Crippen LogP contribution in [0.4, 0.5) is 5.82 Å². The number of aryl methyl sites for hydroxylation is 1. The Labute approximate surface area is 114 Å². The monoisotopic (exact) mass is 288 g/mol. The van der Waals surface area contributed by atoms with Gasteiger partial charge in [-0.25, -0.2) is 4.98 Å². The maximum Gasteiger partial charge on any atom is 0.511 e. The van der Waals surface area contributed by atoms with E-state index in [-0.39, 0.29) is 17.4 Å². The van der Waals surface area contributed by atoms with E-state index in [1.807, 2.05) is 6.92 Å². The van der Waals surface area contributed by atoms with E-state index in [1.54, 1.807) is 0 Å². The van der Waals surface area contributed by atoms with E-state index in [1.165, 1.54) is 0 Å². The fourth-order valence-corrected chi connectivity index (χ4v) is 2.70. The number of aromatic nitrogens is 2. The van der Waals surface area contributed by atoms with Gasteiger partial charge in [-0.2, -0.15) is 4.98 Å². The highest BCUT2D eigenvalue weighted by Gasteiger charge is 2.39. The van der Waals surface area contributed by atoms with Crippen LogP contribution in [0.15, 0.2) is 4.90 Å². The molecule has 0 amide bonds. The molecule has 5 nitrogen and oxygen atoms in total. The summed E-state index contributed by atoms with van der Waals surface area (Å²) in [5, 5.41) is 12.7. The molecule has 2 rings (SSSR count). The Morgan fingerprint density at radius 2 is 2.22 bits per heavy atom. The molecule has 1 aliphatic rings. The Hall–Kier alpha value is -0.850. The van der Waals surface area contributed by atoms with Crippen LogP contribution in [0.1, 0.15) is 31.9 Å². The van der Waals surface area contributed by atoms with Crippen LogP contribution in [0.2, 0.25) is 5.28 Å². The Kier molecular flexibility index (Phi) is 4.09. The topological polar surface area (TPSA) is 75.1 Å². The highest BCUT2D eigenvalue weighted by Crippen LogP contribution is 2.35. The summed E-state index contributed by atoms with van der Waals surface area (Å²) in [6.07, 6.45) is 3.42. The Morgan fingerprint density at radius 1 is 1.50 bits per heavy atom. The number of rotatable bonds is 5. The van der Waals surface area contributed by atoms with Crippen LogP contribution >= 0.6 is 11.6 Å². The van der Waals surface area contributed by atoms with Crippen molar-refractivity contribution >= 4 is 29.1 Å². The zero-order chi connectivity index (χ0) is 13.2. The number of nitrogens with one attached hydrogen (secondary N) is 1. The van der Waals surface area contributed by atoms with Crippen LogP contribution in [0.25, 0.3) is 0 Å². The molecule has 7 heteroatoms. The molecule has 1 aromatic heterocycles. The molecule has 0 atom stereocenters. The van der Waals surface area contributed by atoms with Crippen molar-refractivity contribution in [1.29, 1.82) is 0 Å². The molecule has 1 aliphatic carbocycles. The average Bonchev–Trinajstić information content (AvgIpc) is 2.33. The smallest absolute Gasteiger partial charge is 0.394 e. The van der Waals surface area contributed by atoms with Crippen LogP contribution < -0.4 is 5.32 Å². The first-order chi connectivity index (χ1) is 8.64. The van der Waals surface area contributed by atoms with E-state index in [9.17, 15) is 9.32 Å². The second-order valence-corrected chi connectivity index (χ2v) is 5.38. The lowest BCUT2D eigenvalue weighted by Gasteiger charge is -2.41. The summed E-state index contributed by atoms with van der Waals surface area (Å²) >= 11 is 6.22. The van der Waals surface area contributed by atoms with Crippen LogP contribution in [-0.2, 0) is 22.3 Å². The summed E-state index contributed by atoms with van der Waals surface area (Å²) in [6.45, 7) is 1.94. The molecule has 98 valence electrons. The van der Waals surface area contributed by atoms with Crippen LogP contribution in [0.5, 0.6) is 0 Å². The summed E-state index contributed by atoms with van der Waals surface area (Å²) in [5.74, 6) is 0.445. The fraction of sp³-hybridized carbons (Fsp3) is 0.636. The van der Waals surface area contributed by atoms with Crippen molar-refractivity contribution in [1.82, 2.24) is 9.97 Å². The van der Waals surface area contributed by atoms with Gasteiger partial charge in [-0.15, -0.1) is 0 Å². The molecule has 2 N–H and O–H groups in total. The van der Waals surface area contributed by atoms with Gasteiger partial charge in [0.2, 0.25) is 11.1 Å². The molecule has 1 heterocycles. The summed E-state index contributed by atoms with van der Waals surface area (Å²) in [7, 11) is 0. The van der Waals surface area contributed by atoms with Crippen molar-refractivity contribution in [2.45, 2.75) is 43.0 Å². The van der Waals surface area contributed by atoms with Gasteiger partial charge in [0.25, 0.3) is 0 Å². The zero-order valence-corrected chi connectivity index (χ0v) is 11.6. The predicted molar refractivity (Wildman–Crippen MR) is 70.0 cm³/mol. The van der Waals surface area contributed by atoms with E-state index in [0.29, 0.717) is 34.5 Å². The summed E-state index contributed by atoms with van der Waals surface area (Å²) in [5.41, 5.74) is 0.289. The molecular weight excluding hydrogens is 274 g/mol. The first-order valence-electron chi connectivity index (χ1n) is 5.89. The molecule has 1 saturated carbocycles. The van der Waals surface area contributed by atoms with Crippen molar-refractivity contribution in [3.8, 4) is 0 Å². The minimum absolute atomic E-state index is 0.0268. The van der Waals surface area contributed by atoms with E-state index < -0.39 is 0 Å². The van der Waals surface area contributed by atoms with Gasteiger partial charge < -0.3 is 10.4 Å². The minimum atomic E-state index is -0.354. The number of aliphatic hydroxyl groups is 1. The summed E-state index contributed by atoms with van der Waals surface area (Å²) in [4.78, 5) is 8.61. The van der Waals surface area contributed by atoms with Crippen LogP contribution in [-0.4, -0.2) is 27.2 Å². The van der Waals surface area contributed by atoms with Crippen molar-refractivity contribution in [2.24, 2.45) is 0 Å². The minimum Gasteiger partial charge on any atom is -0.394 e. The summed E-state index contributed by atoms with van der Waals surface area (Å²) < 4.78 is 11.2. The lowest BCUT2D eigenvalue weighted by Crippen LogP contribution is -2.48. The van der Waals surface area contributed by atoms with Gasteiger partial charge in [0, 0.05) is 4.21 Å². The highest BCUT2D eigenvalue weighted by atomic mass is 35.5. The van der Waals surface area contributed by atoms with Gasteiger partial charge in [0.05, 0.1) is 12.1 Å². The molecule has 0 unspecified atom stereocenters. The van der Waals surface area contributed by atoms with Gasteiger partial charge >= 0.3 is 16.6 Å². The molecule has 0 radical (unpaired) electrons. The molecule has 0 aromatic carbocycles. The number of halogens is 1. The molecule has 0 bridgehead atoms. The number of nitrogens with zero attached hydrogens (tertiary/aromatic N) is 2. The Bertz CT molecular complexity index is 460. The Balaban J connectivity index is 2.36. The lowest BCUT2D eigenvalue weighted by molar-refractivity contribution is 0.143. The number of hydrogen-bond acceptors (Lipinski definition) is 5. The van der Waals surface area contributed by atoms with Crippen molar-refractivity contribution in [3.05, 3.63) is 11.0 Å². The number of aliphatic hydroxyl groups excluding tert-OH is 1. The molecule has 1 fully saturated rings. The highest BCUT2D eigenvalue weighted by molar-refractivity contribution is 7.65. The van der Waals surface area contributed by atoms with Gasteiger partial charge in [0.15, 0.2) is 0 Å². The average molecular weight is 289 g/mol. The van der Waals surface area contributed by atoms with Crippen molar-refractivity contribution in [3.63, 3.8) is 0 Å². The van der Waals surface area contributed by atoms with Gasteiger partial charge in [-0.3, -0.25) is 0 Å². The van der Waals surface area contributed by atoms with Crippen LogP contribution in [0, 0.1) is 0 Å². The summed E-state index contributed by atoms with van der Waals surface area (Å²) in [6, 6.07) is 0. The maximum atomic E-state index is 11.2. The maximum absolute atomic E-state index is 11.2. The molecule has 0 aliphatic heterocycles. The quantitative estimate of drug-likeness (QED) is 0.638. The normalized spacial score (nSPS) is 17.1. The Morgan fingerprint density at radius 3 is 2.67 bits per heavy atom. The molecule has 0 spiro atoms. The molecule has 1 aromatic rings. The third kappa shape index (κ3) is 2.46. The first-order valence-corrected chi connectivity index (χ1v) is 7.01. The van der Waals surface area contributed by atoms with Crippen molar-refractivity contribution < 1.29 is 9.32 Å². The SMILES string of the molecule is CCc1nc(Cl)nc(NC2(CO)CCC2)c1[S+]=O. The van der Waals surface area contributed by atoms with Crippen molar-refractivity contribution in [2.75, 3.05) is 11.9 Å². The van der Waals surface area contributed by atoms with Gasteiger partial charge in [-0.1, -0.05) is 6.92 Å². The van der Waals surface area contributed by atoms with E-state index in [0.717, 1.165) is 19.3 Å². The number of anilines is 1. The van der Waals surface area contributed by atoms with Gasteiger partial charge in [0.1, 0.15) is 5.69 Å². The molecule has 18 heavy (non-hydrogen) atoms. The van der Waals surface area contributed by atoms with E-state index >= 15 is 0 Å². The standard InChI is InChI=1S/C11H15ClN3O2S/c1-2-7-8(18-17)9(14-10(12)13-7)15-11(6-16)4-3-5-11/h16H,2-6H2,1H3,(H,13,14,15)/q+1. The third-order valence-electron chi connectivity index (χ3n) is 3.32. The zero-order valence-electron chi connectivity index (χ0n) is 10.1. The van der Waals surface area contributed by atoms with E-state index in [2.05, 4.69) is 15.3 Å². The van der Waals surface area contributed by atoms with Gasteiger partial charge in [-0.05, 0) is 37.3 Å². The fourth-order valence-electron chi connectivity index (χ4n) is 2.06. The molecule has 0 saturated heterocycles. The van der Waals surface area contributed by atoms with Crippen LogP contribution in [0.3, 0.4) is 0 Å². The molecular formula is C11H15ClN3O2S+. The number of hydrogen-bond donors (Lipinski definition) is 2. The largest absolute Gasteiger partial charge is 0.511 e. The lowest BCUT2D eigenvalue weighted by atomic mass is 9.77. The predicted octanol–water partition coefficient (Wildman–Crippen LogP) is 1.81. The second-order valence-electron chi connectivity index (χ2n) is 4.47.